The van der Waals surface area contributed by atoms with Gasteiger partial charge in [0.2, 0.25) is 0 Å². The highest BCUT2D eigenvalue weighted by Gasteiger charge is 2.14. The molecule has 0 aliphatic carbocycles. The summed E-state index contributed by atoms with van der Waals surface area (Å²) in [6.07, 6.45) is 3.21. The number of anilines is 2. The van der Waals surface area contributed by atoms with Gasteiger partial charge in [0.1, 0.15) is 5.82 Å². The van der Waals surface area contributed by atoms with Crippen LogP contribution in [0.3, 0.4) is 0 Å². The van der Waals surface area contributed by atoms with E-state index in [4.69, 9.17) is 0 Å². The van der Waals surface area contributed by atoms with Gasteiger partial charge in [0, 0.05) is 22.7 Å². The Hall–Kier alpha value is -3.60. The van der Waals surface area contributed by atoms with Crippen LogP contribution in [0.4, 0.5) is 11.5 Å². The number of nitrogens with zero attached hydrogens (tertiary/aromatic N) is 3. The average molecular weight is 356 g/mol. The topological polar surface area (TPSA) is 67.2 Å². The summed E-state index contributed by atoms with van der Waals surface area (Å²) in [7, 11) is 0. The molecule has 0 spiro atoms. The zero-order valence-electron chi connectivity index (χ0n) is 15.4. The van der Waals surface area contributed by atoms with Crippen LogP contribution in [0.2, 0.25) is 0 Å². The maximum atomic E-state index is 12.0. The zero-order valence-corrected chi connectivity index (χ0v) is 15.4. The highest BCUT2D eigenvalue weighted by Crippen LogP contribution is 2.29. The Balaban J connectivity index is 2.24. The highest BCUT2D eigenvalue weighted by atomic mass is 16.1. The molecule has 0 amide bonds. The number of aryl methyl sites for hydroxylation is 1. The van der Waals surface area contributed by atoms with Crippen LogP contribution in [-0.4, -0.2) is 22.5 Å². The minimum atomic E-state index is -0.0181. The molecular weight excluding hydrogens is 336 g/mol. The third kappa shape index (κ3) is 3.67. The number of benzene rings is 2. The Morgan fingerprint density at radius 2 is 1.93 bits per heavy atom. The van der Waals surface area contributed by atoms with Gasteiger partial charge in [0.05, 0.1) is 11.2 Å². The number of Topliss-reactive ketones (excluding diaryl/α,β-unsaturated/α-hetero) is 1. The second-order valence-corrected chi connectivity index (χ2v) is 6.06. The molecule has 0 aliphatic heterocycles. The normalized spacial score (nSPS) is 11.3. The monoisotopic (exact) mass is 356 g/mol. The number of allylic oxidation sites excluding steroid dienone is 2. The molecule has 1 aromatic heterocycles. The van der Waals surface area contributed by atoms with Crippen LogP contribution in [0.15, 0.2) is 66.3 Å². The minimum Gasteiger partial charge on any atom is -0.339 e. The Labute approximate surface area is 158 Å². The summed E-state index contributed by atoms with van der Waals surface area (Å²) in [5.41, 5.74) is 3.81. The van der Waals surface area contributed by atoms with E-state index in [0.29, 0.717) is 28.5 Å². The minimum absolute atomic E-state index is 0.0181. The highest BCUT2D eigenvalue weighted by molar-refractivity contribution is 6.02. The standard InChI is InChI=1S/C22H20N4O/c1-5-16(13-23-4)21-25-20-14(2)9-8-11-18(20)22(26-21)24-19-12-7-6-10-17(19)15(3)27/h5-13H,1,4H2,2-3H3,(H,24,25,26)/b16-13+. The third-order valence-corrected chi connectivity index (χ3v) is 4.20. The molecule has 0 unspecified atom stereocenters. The van der Waals surface area contributed by atoms with Crippen molar-refractivity contribution in [3.8, 4) is 0 Å². The molecule has 5 nitrogen and oxygen atoms in total. The largest absolute Gasteiger partial charge is 0.339 e. The van der Waals surface area contributed by atoms with Crippen molar-refractivity contribution in [2.45, 2.75) is 13.8 Å². The van der Waals surface area contributed by atoms with Gasteiger partial charge in [0.25, 0.3) is 0 Å². The van der Waals surface area contributed by atoms with E-state index in [9.17, 15) is 4.79 Å². The van der Waals surface area contributed by atoms with Crippen molar-refractivity contribution in [3.63, 3.8) is 0 Å². The van der Waals surface area contributed by atoms with Crippen molar-refractivity contribution in [2.75, 3.05) is 5.32 Å². The number of para-hydroxylation sites is 2. The number of aromatic nitrogens is 2. The molecule has 134 valence electrons. The summed E-state index contributed by atoms with van der Waals surface area (Å²) in [5, 5.41) is 4.17. The van der Waals surface area contributed by atoms with Gasteiger partial charge in [-0.15, -0.1) is 0 Å². The van der Waals surface area contributed by atoms with Crippen LogP contribution in [0.5, 0.6) is 0 Å². The molecule has 0 atom stereocenters. The Kier molecular flexibility index (Phi) is 5.22. The van der Waals surface area contributed by atoms with Crippen LogP contribution in [0.1, 0.15) is 28.7 Å². The van der Waals surface area contributed by atoms with Crippen molar-refractivity contribution < 1.29 is 4.79 Å². The summed E-state index contributed by atoms with van der Waals surface area (Å²) in [4.78, 5) is 25.1. The van der Waals surface area contributed by atoms with Crippen LogP contribution >= 0.6 is 0 Å². The number of nitrogens with one attached hydrogen (secondary N) is 1. The number of aliphatic imine (C=N–C) groups is 1. The molecule has 3 rings (SSSR count). The van der Waals surface area contributed by atoms with Crippen molar-refractivity contribution in [2.24, 2.45) is 4.99 Å². The zero-order chi connectivity index (χ0) is 19.4. The fourth-order valence-corrected chi connectivity index (χ4v) is 2.85. The summed E-state index contributed by atoms with van der Waals surface area (Å²) in [6.45, 7) is 10.8. The molecule has 3 aromatic rings. The number of carbonyl (C=O) groups is 1. The van der Waals surface area contributed by atoms with E-state index in [0.717, 1.165) is 16.5 Å². The van der Waals surface area contributed by atoms with Gasteiger partial charge in [0.15, 0.2) is 11.6 Å². The number of hydrogen-bond donors (Lipinski definition) is 1. The van der Waals surface area contributed by atoms with Gasteiger partial charge in [-0.25, -0.2) is 9.97 Å². The molecule has 0 fully saturated rings. The molecule has 2 aromatic carbocycles. The first kappa shape index (κ1) is 18.2. The quantitative estimate of drug-likeness (QED) is 0.378. The van der Waals surface area contributed by atoms with E-state index in [1.807, 2.05) is 43.3 Å². The van der Waals surface area contributed by atoms with Gasteiger partial charge in [-0.2, -0.15) is 0 Å². The fourth-order valence-electron chi connectivity index (χ4n) is 2.85. The van der Waals surface area contributed by atoms with E-state index in [1.54, 1.807) is 25.3 Å². The number of rotatable bonds is 6. The molecule has 0 aliphatic rings. The van der Waals surface area contributed by atoms with E-state index >= 15 is 0 Å². The van der Waals surface area contributed by atoms with Crippen molar-refractivity contribution in [1.82, 2.24) is 9.97 Å². The Bertz CT molecular complexity index is 1080. The van der Waals surface area contributed by atoms with Gasteiger partial charge < -0.3 is 5.32 Å². The summed E-state index contributed by atoms with van der Waals surface area (Å²) in [6, 6.07) is 13.3. The molecule has 0 bridgehead atoms. The molecule has 5 heteroatoms. The summed E-state index contributed by atoms with van der Waals surface area (Å²) < 4.78 is 0. The lowest BCUT2D eigenvalue weighted by atomic mass is 10.1. The predicted octanol–water partition coefficient (Wildman–Crippen LogP) is 5.11. The third-order valence-electron chi connectivity index (χ3n) is 4.20. The number of hydrogen-bond acceptors (Lipinski definition) is 5. The first-order valence-corrected chi connectivity index (χ1v) is 8.48. The lowest BCUT2D eigenvalue weighted by molar-refractivity contribution is 0.101. The second kappa shape index (κ2) is 7.74. The van der Waals surface area contributed by atoms with E-state index in [2.05, 4.69) is 33.6 Å². The molecule has 0 saturated heterocycles. The number of carbonyl (C=O) groups excluding carboxylic acids is 1. The second-order valence-electron chi connectivity index (χ2n) is 6.06. The lowest BCUT2D eigenvalue weighted by Gasteiger charge is -2.14. The van der Waals surface area contributed by atoms with Gasteiger partial charge in [-0.3, -0.25) is 9.79 Å². The van der Waals surface area contributed by atoms with Crippen LogP contribution in [-0.2, 0) is 0 Å². The van der Waals surface area contributed by atoms with Crippen molar-refractivity contribution >= 4 is 40.5 Å². The van der Waals surface area contributed by atoms with Gasteiger partial charge >= 0.3 is 0 Å². The first-order chi connectivity index (χ1) is 13.0. The van der Waals surface area contributed by atoms with E-state index < -0.39 is 0 Å². The van der Waals surface area contributed by atoms with E-state index in [-0.39, 0.29) is 5.78 Å². The van der Waals surface area contributed by atoms with Crippen LogP contribution in [0, 0.1) is 6.92 Å². The van der Waals surface area contributed by atoms with Crippen molar-refractivity contribution in [3.05, 3.63) is 78.3 Å². The maximum absolute atomic E-state index is 12.0. The molecule has 0 saturated carbocycles. The SMILES string of the molecule is C=C/C(=C\N=C)c1nc(Nc2ccccc2C(C)=O)c2cccc(C)c2n1. The Morgan fingerprint density at radius 3 is 2.63 bits per heavy atom. The Morgan fingerprint density at radius 1 is 1.15 bits per heavy atom. The predicted molar refractivity (Wildman–Crippen MR) is 112 cm³/mol. The fraction of sp³-hybridized carbons (Fsp3) is 0.0909. The smallest absolute Gasteiger partial charge is 0.163 e. The molecule has 0 radical (unpaired) electrons. The molecule has 1 heterocycles. The maximum Gasteiger partial charge on any atom is 0.163 e. The van der Waals surface area contributed by atoms with Crippen LogP contribution < -0.4 is 5.32 Å². The van der Waals surface area contributed by atoms with Gasteiger partial charge in [-0.1, -0.05) is 36.9 Å². The van der Waals surface area contributed by atoms with Crippen molar-refractivity contribution in [1.29, 1.82) is 0 Å². The molecule has 27 heavy (non-hydrogen) atoms. The average Bonchev–Trinajstić information content (AvgIpc) is 2.67. The lowest BCUT2D eigenvalue weighted by Crippen LogP contribution is -2.05. The summed E-state index contributed by atoms with van der Waals surface area (Å²) in [5.74, 6) is 1.08. The molecule has 1 N–H and O–H groups in total. The van der Waals surface area contributed by atoms with Gasteiger partial charge in [-0.05, 0) is 44.3 Å². The number of ketones is 1. The summed E-state index contributed by atoms with van der Waals surface area (Å²) >= 11 is 0. The molecular formula is C22H20N4O. The van der Waals surface area contributed by atoms with E-state index in [1.165, 1.54) is 0 Å². The first-order valence-electron chi connectivity index (χ1n) is 8.48. The number of fused-ring (bicyclic) bond motifs is 1. The van der Waals surface area contributed by atoms with Crippen LogP contribution in [0.25, 0.3) is 16.5 Å².